The number of carboxylic acids is 1. The van der Waals surface area contributed by atoms with Gasteiger partial charge in [0.25, 0.3) is 0 Å². The van der Waals surface area contributed by atoms with Crippen LogP contribution in [0.25, 0.3) is 0 Å². The Hall–Kier alpha value is -1.62. The minimum absolute atomic E-state index is 0.0146. The highest BCUT2D eigenvalue weighted by Crippen LogP contribution is 2.23. The van der Waals surface area contributed by atoms with Crippen molar-refractivity contribution >= 4 is 5.97 Å². The Morgan fingerprint density at radius 3 is 2.79 bits per heavy atom. The highest BCUT2D eigenvalue weighted by Gasteiger charge is 2.20. The number of carbonyl (C=O) groups is 1. The highest BCUT2D eigenvalue weighted by atomic mass is 19.1. The molecule has 0 amide bonds. The minimum atomic E-state index is -1.37. The number of nitrogens with two attached hydrogens (primary N) is 1. The molecule has 0 aliphatic carbocycles. The number of aliphatic carboxylic acids is 1. The molecular formula is C9H10FNO3. The third-order valence-corrected chi connectivity index (χ3v) is 1.81. The zero-order chi connectivity index (χ0) is 10.7. The molecule has 0 radical (unpaired) electrons. The summed E-state index contributed by atoms with van der Waals surface area (Å²) in [6.07, 6.45) is 0. The van der Waals surface area contributed by atoms with Gasteiger partial charge in [0, 0.05) is 5.56 Å². The topological polar surface area (TPSA) is 72.5 Å². The molecule has 0 aliphatic heterocycles. The second-order valence-corrected chi connectivity index (χ2v) is 2.68. The molecule has 76 valence electrons. The molecule has 14 heavy (non-hydrogen) atoms. The predicted octanol–water partition coefficient (Wildman–Crippen LogP) is 0.919. The number of ether oxygens (including phenoxy) is 1. The quantitative estimate of drug-likeness (QED) is 0.759. The van der Waals surface area contributed by atoms with Crippen LogP contribution in [0.5, 0.6) is 5.75 Å². The zero-order valence-electron chi connectivity index (χ0n) is 7.53. The molecule has 3 N–H and O–H groups in total. The summed E-state index contributed by atoms with van der Waals surface area (Å²) in [7, 11) is 1.30. The van der Waals surface area contributed by atoms with Gasteiger partial charge in [-0.3, -0.25) is 4.79 Å². The van der Waals surface area contributed by atoms with E-state index in [2.05, 4.69) is 0 Å². The molecule has 1 rings (SSSR count). The van der Waals surface area contributed by atoms with E-state index in [1.54, 1.807) is 0 Å². The van der Waals surface area contributed by atoms with Gasteiger partial charge in [-0.2, -0.15) is 0 Å². The first-order valence-electron chi connectivity index (χ1n) is 3.88. The first-order valence-corrected chi connectivity index (χ1v) is 3.88. The van der Waals surface area contributed by atoms with Gasteiger partial charge in [-0.25, -0.2) is 4.39 Å². The van der Waals surface area contributed by atoms with Crippen molar-refractivity contribution in [1.29, 1.82) is 0 Å². The Morgan fingerprint density at radius 2 is 2.29 bits per heavy atom. The number of carboxylic acid groups (broad SMARTS) is 1. The van der Waals surface area contributed by atoms with Crippen LogP contribution in [0.1, 0.15) is 11.6 Å². The van der Waals surface area contributed by atoms with Crippen LogP contribution in [0.2, 0.25) is 0 Å². The van der Waals surface area contributed by atoms with E-state index in [4.69, 9.17) is 15.6 Å². The molecule has 0 saturated carbocycles. The molecule has 0 spiro atoms. The summed E-state index contributed by atoms with van der Waals surface area (Å²) >= 11 is 0. The largest absolute Gasteiger partial charge is 0.494 e. The molecule has 0 heterocycles. The molecule has 1 atom stereocenters. The fourth-order valence-corrected chi connectivity index (χ4v) is 1.06. The fourth-order valence-electron chi connectivity index (χ4n) is 1.06. The van der Waals surface area contributed by atoms with Crippen LogP contribution >= 0.6 is 0 Å². The SMILES string of the molecule is COc1cccc([C@H](N)C(=O)O)c1F. The fraction of sp³-hybridized carbons (Fsp3) is 0.222. The summed E-state index contributed by atoms with van der Waals surface area (Å²) in [6, 6.07) is 2.83. The molecule has 1 aromatic carbocycles. The number of hydrogen-bond donors (Lipinski definition) is 2. The van der Waals surface area contributed by atoms with Crippen molar-refractivity contribution in [2.24, 2.45) is 5.73 Å². The van der Waals surface area contributed by atoms with E-state index < -0.39 is 17.8 Å². The molecule has 0 aliphatic rings. The Balaban J connectivity index is 3.15. The number of halogens is 1. The molecule has 1 aromatic rings. The molecule has 0 saturated heterocycles. The van der Waals surface area contributed by atoms with Crippen LogP contribution in [-0.2, 0) is 4.79 Å². The molecular weight excluding hydrogens is 189 g/mol. The smallest absolute Gasteiger partial charge is 0.325 e. The van der Waals surface area contributed by atoms with Gasteiger partial charge >= 0.3 is 5.97 Å². The van der Waals surface area contributed by atoms with Crippen molar-refractivity contribution < 1.29 is 19.0 Å². The van der Waals surface area contributed by atoms with Crippen molar-refractivity contribution in [3.8, 4) is 5.75 Å². The predicted molar refractivity (Wildman–Crippen MR) is 47.5 cm³/mol. The van der Waals surface area contributed by atoms with E-state index in [9.17, 15) is 9.18 Å². The Bertz CT molecular complexity index is 354. The van der Waals surface area contributed by atoms with Gasteiger partial charge in [0.2, 0.25) is 0 Å². The van der Waals surface area contributed by atoms with Gasteiger partial charge in [0.1, 0.15) is 6.04 Å². The first-order chi connectivity index (χ1) is 6.57. The average Bonchev–Trinajstić information content (AvgIpc) is 2.17. The van der Waals surface area contributed by atoms with Gasteiger partial charge in [-0.15, -0.1) is 0 Å². The van der Waals surface area contributed by atoms with Crippen molar-refractivity contribution in [3.63, 3.8) is 0 Å². The third kappa shape index (κ3) is 1.82. The maximum absolute atomic E-state index is 13.4. The molecule has 0 unspecified atom stereocenters. The number of methoxy groups -OCH3 is 1. The summed E-state index contributed by atoms with van der Waals surface area (Å²) in [6.45, 7) is 0. The summed E-state index contributed by atoms with van der Waals surface area (Å²) in [5, 5.41) is 8.59. The van der Waals surface area contributed by atoms with Crippen molar-refractivity contribution in [3.05, 3.63) is 29.6 Å². The van der Waals surface area contributed by atoms with E-state index >= 15 is 0 Å². The van der Waals surface area contributed by atoms with Crippen molar-refractivity contribution in [2.45, 2.75) is 6.04 Å². The maximum Gasteiger partial charge on any atom is 0.325 e. The molecule has 0 aromatic heterocycles. The first kappa shape index (κ1) is 10.5. The monoisotopic (exact) mass is 199 g/mol. The lowest BCUT2D eigenvalue weighted by molar-refractivity contribution is -0.138. The van der Waals surface area contributed by atoms with E-state index in [0.717, 1.165) is 0 Å². The number of hydrogen-bond acceptors (Lipinski definition) is 3. The lowest BCUT2D eigenvalue weighted by atomic mass is 10.1. The molecule has 0 fully saturated rings. The van der Waals surface area contributed by atoms with Gasteiger partial charge in [0.15, 0.2) is 11.6 Å². The van der Waals surface area contributed by atoms with E-state index in [0.29, 0.717) is 0 Å². The normalized spacial score (nSPS) is 12.2. The zero-order valence-corrected chi connectivity index (χ0v) is 7.53. The third-order valence-electron chi connectivity index (χ3n) is 1.81. The average molecular weight is 199 g/mol. The Labute approximate surface area is 80.1 Å². The summed E-state index contributed by atoms with van der Waals surface area (Å²) < 4.78 is 18.1. The summed E-state index contributed by atoms with van der Waals surface area (Å²) in [5.41, 5.74) is 5.18. The van der Waals surface area contributed by atoms with Crippen molar-refractivity contribution in [2.75, 3.05) is 7.11 Å². The van der Waals surface area contributed by atoms with Crippen LogP contribution in [0.15, 0.2) is 18.2 Å². The molecule has 5 heteroatoms. The molecule has 0 bridgehead atoms. The van der Waals surface area contributed by atoms with E-state index in [-0.39, 0.29) is 11.3 Å². The lowest BCUT2D eigenvalue weighted by Gasteiger charge is -2.10. The van der Waals surface area contributed by atoms with E-state index in [1.807, 2.05) is 0 Å². The standard InChI is InChI=1S/C9H10FNO3/c1-14-6-4-2-3-5(7(6)10)8(11)9(12)13/h2-4,8H,11H2,1H3,(H,12,13)/t8-/m0/s1. The summed E-state index contributed by atoms with van der Waals surface area (Å²) in [4.78, 5) is 10.5. The van der Waals surface area contributed by atoms with Crippen LogP contribution in [0.4, 0.5) is 4.39 Å². The van der Waals surface area contributed by atoms with E-state index in [1.165, 1.54) is 25.3 Å². The number of rotatable bonds is 3. The van der Waals surface area contributed by atoms with Crippen LogP contribution < -0.4 is 10.5 Å². The highest BCUT2D eigenvalue weighted by molar-refractivity contribution is 5.75. The Morgan fingerprint density at radius 1 is 1.64 bits per heavy atom. The second-order valence-electron chi connectivity index (χ2n) is 2.68. The molecule has 4 nitrogen and oxygen atoms in total. The van der Waals surface area contributed by atoms with Gasteiger partial charge in [-0.05, 0) is 6.07 Å². The van der Waals surface area contributed by atoms with Gasteiger partial charge in [-0.1, -0.05) is 12.1 Å². The number of benzene rings is 1. The summed E-state index contributed by atoms with van der Waals surface area (Å²) in [5.74, 6) is -2.03. The van der Waals surface area contributed by atoms with Crippen LogP contribution in [-0.4, -0.2) is 18.2 Å². The van der Waals surface area contributed by atoms with Crippen LogP contribution in [0, 0.1) is 5.82 Å². The van der Waals surface area contributed by atoms with Gasteiger partial charge < -0.3 is 15.6 Å². The van der Waals surface area contributed by atoms with Crippen LogP contribution in [0.3, 0.4) is 0 Å². The minimum Gasteiger partial charge on any atom is -0.494 e. The second kappa shape index (κ2) is 4.06. The van der Waals surface area contributed by atoms with Crippen molar-refractivity contribution in [1.82, 2.24) is 0 Å². The maximum atomic E-state index is 13.4. The lowest BCUT2D eigenvalue weighted by Crippen LogP contribution is -2.22. The van der Waals surface area contributed by atoms with Gasteiger partial charge in [0.05, 0.1) is 7.11 Å². The Kier molecular flexibility index (Phi) is 3.03.